The molecule has 0 radical (unpaired) electrons. The topological polar surface area (TPSA) is 40.6 Å². The maximum atomic E-state index is 11.6. The third-order valence-corrected chi connectivity index (χ3v) is 3.19. The number of imide groups is 1. The second-order valence-corrected chi connectivity index (χ2v) is 4.17. The van der Waals surface area contributed by atoms with E-state index in [0.29, 0.717) is 12.5 Å². The summed E-state index contributed by atoms with van der Waals surface area (Å²) in [6.45, 7) is 1.45. The van der Waals surface area contributed by atoms with E-state index in [2.05, 4.69) is 0 Å². The Kier molecular flexibility index (Phi) is 1.27. The van der Waals surface area contributed by atoms with Gasteiger partial charge in [-0.3, -0.25) is 9.69 Å². The van der Waals surface area contributed by atoms with Crippen LogP contribution in [0, 0.1) is 5.92 Å². The first kappa shape index (κ1) is 7.35. The lowest BCUT2D eigenvalue weighted by molar-refractivity contribution is -0.130. The van der Waals surface area contributed by atoms with Crippen molar-refractivity contribution in [2.24, 2.45) is 5.92 Å². The first-order valence-corrected chi connectivity index (χ1v) is 4.89. The van der Waals surface area contributed by atoms with Gasteiger partial charge in [-0.25, -0.2) is 4.79 Å². The summed E-state index contributed by atoms with van der Waals surface area (Å²) in [7, 11) is 0. The van der Waals surface area contributed by atoms with Crippen LogP contribution in [-0.2, 0) is 4.79 Å². The summed E-state index contributed by atoms with van der Waals surface area (Å²) in [4.78, 5) is 26.3. The maximum Gasteiger partial charge on any atom is 0.327 e. The molecular formula is C9H12N2O2. The lowest BCUT2D eigenvalue weighted by Gasteiger charge is -2.30. The highest BCUT2D eigenvalue weighted by Gasteiger charge is 2.51. The third-order valence-electron chi connectivity index (χ3n) is 3.19. The molecule has 1 aliphatic carbocycles. The number of nitrogens with zero attached hydrogens (tertiary/aromatic N) is 2. The summed E-state index contributed by atoms with van der Waals surface area (Å²) in [6, 6.07) is -0.139. The van der Waals surface area contributed by atoms with Crippen LogP contribution in [0.25, 0.3) is 0 Å². The highest BCUT2D eigenvalue weighted by atomic mass is 16.2. The van der Waals surface area contributed by atoms with Gasteiger partial charge in [-0.15, -0.1) is 0 Å². The monoisotopic (exact) mass is 180 g/mol. The normalized spacial score (nSPS) is 32.2. The van der Waals surface area contributed by atoms with Gasteiger partial charge in [0.05, 0.1) is 0 Å². The number of amides is 3. The summed E-state index contributed by atoms with van der Waals surface area (Å²) in [5.74, 6) is 0.648. The minimum absolute atomic E-state index is 0.0446. The standard InChI is InChI=1S/C9H12N2O2/c12-8-7-3-4-10(7)9(13)11(8)5-6-1-2-6/h6-7H,1-5H2. The fraction of sp³-hybridized carbons (Fsp3) is 0.778. The molecule has 0 spiro atoms. The summed E-state index contributed by atoms with van der Waals surface area (Å²) >= 11 is 0. The molecule has 3 aliphatic rings. The Bertz CT molecular complexity index is 263. The van der Waals surface area contributed by atoms with Crippen molar-refractivity contribution in [3.8, 4) is 0 Å². The molecule has 0 aromatic heterocycles. The van der Waals surface area contributed by atoms with Gasteiger partial charge in [0, 0.05) is 13.1 Å². The van der Waals surface area contributed by atoms with E-state index < -0.39 is 0 Å². The maximum absolute atomic E-state index is 11.6. The number of fused-ring (bicyclic) bond motifs is 1. The first-order valence-electron chi connectivity index (χ1n) is 4.89. The van der Waals surface area contributed by atoms with Crippen LogP contribution in [0.2, 0.25) is 0 Å². The fourth-order valence-corrected chi connectivity index (χ4v) is 2.03. The molecule has 4 nitrogen and oxygen atoms in total. The Morgan fingerprint density at radius 2 is 2.00 bits per heavy atom. The van der Waals surface area contributed by atoms with Gasteiger partial charge < -0.3 is 4.90 Å². The SMILES string of the molecule is O=C1C2CCN2C(=O)N1CC1CC1. The summed E-state index contributed by atoms with van der Waals surface area (Å²) in [5.41, 5.74) is 0. The molecular weight excluding hydrogens is 168 g/mol. The van der Waals surface area contributed by atoms with Crippen LogP contribution in [-0.4, -0.2) is 40.9 Å². The van der Waals surface area contributed by atoms with Gasteiger partial charge in [-0.1, -0.05) is 0 Å². The number of hydrogen-bond donors (Lipinski definition) is 0. The molecule has 2 aliphatic heterocycles. The average Bonchev–Trinajstić information content (AvgIpc) is 2.77. The molecule has 1 saturated carbocycles. The number of hydrogen-bond acceptors (Lipinski definition) is 2. The molecule has 3 amide bonds. The molecule has 0 aromatic carbocycles. The van der Waals surface area contributed by atoms with Gasteiger partial charge in [0.2, 0.25) is 0 Å². The van der Waals surface area contributed by atoms with Gasteiger partial charge in [0.25, 0.3) is 5.91 Å². The highest BCUT2D eigenvalue weighted by Crippen LogP contribution is 2.34. The zero-order valence-corrected chi connectivity index (χ0v) is 7.40. The molecule has 3 rings (SSSR count). The molecule has 1 atom stereocenters. The van der Waals surface area contributed by atoms with E-state index in [1.807, 2.05) is 0 Å². The van der Waals surface area contributed by atoms with Crippen LogP contribution in [0.15, 0.2) is 0 Å². The lowest BCUT2D eigenvalue weighted by Crippen LogP contribution is -2.47. The fourth-order valence-electron chi connectivity index (χ4n) is 2.03. The van der Waals surface area contributed by atoms with Crippen molar-refractivity contribution < 1.29 is 9.59 Å². The Morgan fingerprint density at radius 3 is 2.38 bits per heavy atom. The van der Waals surface area contributed by atoms with Gasteiger partial charge >= 0.3 is 6.03 Å². The predicted molar refractivity (Wildman–Crippen MR) is 44.9 cm³/mol. The molecule has 2 saturated heterocycles. The Hall–Kier alpha value is -1.06. The quantitative estimate of drug-likeness (QED) is 0.578. The average molecular weight is 180 g/mol. The lowest BCUT2D eigenvalue weighted by atomic mass is 10.1. The molecule has 1 unspecified atom stereocenters. The van der Waals surface area contributed by atoms with E-state index in [1.165, 1.54) is 17.7 Å². The zero-order chi connectivity index (χ0) is 9.00. The van der Waals surface area contributed by atoms with Gasteiger partial charge in [0.15, 0.2) is 0 Å². The molecule has 13 heavy (non-hydrogen) atoms. The van der Waals surface area contributed by atoms with Crippen molar-refractivity contribution in [3.63, 3.8) is 0 Å². The largest absolute Gasteiger partial charge is 0.327 e. The second kappa shape index (κ2) is 2.25. The third kappa shape index (κ3) is 0.913. The predicted octanol–water partition coefficient (Wildman–Crippen LogP) is 0.433. The van der Waals surface area contributed by atoms with E-state index in [1.54, 1.807) is 4.90 Å². The van der Waals surface area contributed by atoms with Crippen molar-refractivity contribution >= 4 is 11.9 Å². The van der Waals surface area contributed by atoms with Crippen molar-refractivity contribution in [2.75, 3.05) is 13.1 Å². The summed E-state index contributed by atoms with van der Waals surface area (Å²) in [6.07, 6.45) is 3.23. The molecule has 2 heterocycles. The van der Waals surface area contributed by atoms with Crippen LogP contribution >= 0.6 is 0 Å². The molecule has 0 N–H and O–H groups in total. The Balaban J connectivity index is 1.78. The smallest absolute Gasteiger partial charge is 0.312 e. The number of urea groups is 1. The van der Waals surface area contributed by atoms with Crippen molar-refractivity contribution in [2.45, 2.75) is 25.3 Å². The van der Waals surface area contributed by atoms with E-state index in [4.69, 9.17) is 0 Å². The van der Waals surface area contributed by atoms with E-state index in [-0.39, 0.29) is 18.0 Å². The van der Waals surface area contributed by atoms with Crippen LogP contribution in [0.3, 0.4) is 0 Å². The Labute approximate surface area is 76.5 Å². The Morgan fingerprint density at radius 1 is 1.23 bits per heavy atom. The van der Waals surface area contributed by atoms with Crippen LogP contribution < -0.4 is 0 Å². The van der Waals surface area contributed by atoms with E-state index >= 15 is 0 Å². The zero-order valence-electron chi connectivity index (χ0n) is 7.40. The minimum atomic E-state index is -0.0914. The van der Waals surface area contributed by atoms with E-state index in [0.717, 1.165) is 13.0 Å². The minimum Gasteiger partial charge on any atom is -0.312 e. The van der Waals surface area contributed by atoms with Crippen LogP contribution in [0.5, 0.6) is 0 Å². The number of rotatable bonds is 2. The van der Waals surface area contributed by atoms with Crippen molar-refractivity contribution in [1.29, 1.82) is 0 Å². The highest BCUT2D eigenvalue weighted by molar-refractivity contribution is 6.05. The van der Waals surface area contributed by atoms with E-state index in [9.17, 15) is 9.59 Å². The van der Waals surface area contributed by atoms with Crippen LogP contribution in [0.1, 0.15) is 19.3 Å². The number of carbonyl (C=O) groups excluding carboxylic acids is 2. The molecule has 3 fully saturated rings. The summed E-state index contributed by atoms with van der Waals surface area (Å²) < 4.78 is 0. The first-order chi connectivity index (χ1) is 6.27. The molecule has 0 aromatic rings. The van der Waals surface area contributed by atoms with Gasteiger partial charge in [0.1, 0.15) is 6.04 Å². The van der Waals surface area contributed by atoms with Gasteiger partial charge in [-0.05, 0) is 25.2 Å². The summed E-state index contributed by atoms with van der Waals surface area (Å²) in [5, 5.41) is 0. The second-order valence-electron chi connectivity index (χ2n) is 4.17. The van der Waals surface area contributed by atoms with Crippen molar-refractivity contribution in [1.82, 2.24) is 9.80 Å². The number of carbonyl (C=O) groups is 2. The van der Waals surface area contributed by atoms with Crippen LogP contribution in [0.4, 0.5) is 4.79 Å². The van der Waals surface area contributed by atoms with Crippen molar-refractivity contribution in [3.05, 3.63) is 0 Å². The molecule has 4 heteroatoms. The van der Waals surface area contributed by atoms with Gasteiger partial charge in [-0.2, -0.15) is 0 Å². The molecule has 0 bridgehead atoms. The molecule has 70 valence electrons.